The van der Waals surface area contributed by atoms with E-state index in [1.165, 1.54) is 0 Å². The number of carbonyl (C=O) groups excluding carboxylic acids is 1. The van der Waals surface area contributed by atoms with E-state index in [0.29, 0.717) is 25.3 Å². The quantitative estimate of drug-likeness (QED) is 0.387. The summed E-state index contributed by atoms with van der Waals surface area (Å²) in [7, 11) is 1.67. The second-order valence-electron chi connectivity index (χ2n) is 9.38. The minimum Gasteiger partial charge on any atom is -0.497 e. The van der Waals surface area contributed by atoms with Gasteiger partial charge in [-0.2, -0.15) is 5.26 Å². The Morgan fingerprint density at radius 1 is 0.946 bits per heavy atom. The summed E-state index contributed by atoms with van der Waals surface area (Å²) >= 11 is 0. The van der Waals surface area contributed by atoms with E-state index in [4.69, 9.17) is 14.7 Å². The Hall–Kier alpha value is -3.66. The van der Waals surface area contributed by atoms with Gasteiger partial charge in [-0.25, -0.2) is 0 Å². The molecule has 1 saturated heterocycles. The van der Waals surface area contributed by atoms with Crippen LogP contribution in [0.4, 0.5) is 0 Å². The minimum absolute atomic E-state index is 0.0898. The molecule has 6 nitrogen and oxygen atoms in total. The van der Waals surface area contributed by atoms with Crippen LogP contribution in [0, 0.1) is 11.3 Å². The first-order chi connectivity index (χ1) is 18.1. The van der Waals surface area contributed by atoms with Crippen molar-refractivity contribution in [3.8, 4) is 11.8 Å². The van der Waals surface area contributed by atoms with Crippen LogP contribution < -0.4 is 4.74 Å². The fraction of sp³-hybridized carbons (Fsp3) is 0.355. The van der Waals surface area contributed by atoms with Gasteiger partial charge in [0.2, 0.25) is 5.91 Å². The summed E-state index contributed by atoms with van der Waals surface area (Å²) in [5.41, 5.74) is 3.81. The number of ether oxygens (including phenoxy) is 2. The normalized spacial score (nSPS) is 15.5. The van der Waals surface area contributed by atoms with E-state index in [1.54, 1.807) is 7.11 Å². The van der Waals surface area contributed by atoms with Gasteiger partial charge in [-0.3, -0.25) is 9.69 Å². The molecule has 1 heterocycles. The van der Waals surface area contributed by atoms with Gasteiger partial charge in [0, 0.05) is 32.7 Å². The third kappa shape index (κ3) is 6.97. The van der Waals surface area contributed by atoms with E-state index in [1.807, 2.05) is 77.7 Å². The summed E-state index contributed by atoms with van der Waals surface area (Å²) < 4.78 is 11.9. The van der Waals surface area contributed by atoms with Gasteiger partial charge in [-0.1, -0.05) is 61.5 Å². The zero-order valence-corrected chi connectivity index (χ0v) is 21.7. The number of amides is 1. The standard InChI is InChI=1S/C31H35N3O3/c1-3-29(26-8-5-4-6-9-26)31(35)34-18-16-33(17-19-34)22-30(27-10-7-11-28(20-27)36-2)37-23-25-14-12-24(21-32)13-15-25/h4-15,20,29-30H,3,16-19,22-23H2,1-2H3/t29-,30-/m0/s1. The van der Waals surface area contributed by atoms with Crippen LogP contribution >= 0.6 is 0 Å². The number of rotatable bonds is 10. The minimum atomic E-state index is -0.152. The summed E-state index contributed by atoms with van der Waals surface area (Å²) in [6.45, 7) is 6.28. The molecule has 0 N–H and O–H groups in total. The molecule has 2 atom stereocenters. The van der Waals surface area contributed by atoms with Crippen molar-refractivity contribution in [1.29, 1.82) is 5.26 Å². The number of hydrogen-bond acceptors (Lipinski definition) is 5. The van der Waals surface area contributed by atoms with Crippen LogP contribution in [0.2, 0.25) is 0 Å². The Morgan fingerprint density at radius 3 is 2.30 bits per heavy atom. The van der Waals surface area contributed by atoms with E-state index in [-0.39, 0.29) is 17.9 Å². The first kappa shape index (κ1) is 26.4. The van der Waals surface area contributed by atoms with Crippen LogP contribution in [0.1, 0.15) is 47.6 Å². The van der Waals surface area contributed by atoms with E-state index in [0.717, 1.165) is 48.5 Å². The van der Waals surface area contributed by atoms with Gasteiger partial charge < -0.3 is 14.4 Å². The number of nitriles is 1. The average Bonchev–Trinajstić information content (AvgIpc) is 2.96. The van der Waals surface area contributed by atoms with Crippen LogP contribution in [0.5, 0.6) is 5.75 Å². The topological polar surface area (TPSA) is 65.8 Å². The highest BCUT2D eigenvalue weighted by Gasteiger charge is 2.28. The maximum absolute atomic E-state index is 13.3. The lowest BCUT2D eigenvalue weighted by Gasteiger charge is -2.38. The molecule has 6 heteroatoms. The predicted octanol–water partition coefficient (Wildman–Crippen LogP) is 5.16. The fourth-order valence-electron chi connectivity index (χ4n) is 4.81. The van der Waals surface area contributed by atoms with Crippen LogP contribution in [0.3, 0.4) is 0 Å². The molecule has 3 aromatic carbocycles. The second kappa shape index (κ2) is 13.0. The molecular formula is C31H35N3O3. The van der Waals surface area contributed by atoms with Gasteiger partial charge >= 0.3 is 0 Å². The summed E-state index contributed by atoms with van der Waals surface area (Å²) in [5, 5.41) is 9.06. The lowest BCUT2D eigenvalue weighted by atomic mass is 9.95. The van der Waals surface area contributed by atoms with Crippen molar-refractivity contribution in [3.63, 3.8) is 0 Å². The molecule has 0 unspecified atom stereocenters. The lowest BCUT2D eigenvalue weighted by Crippen LogP contribution is -2.50. The van der Waals surface area contributed by atoms with Gasteiger partial charge in [0.25, 0.3) is 0 Å². The highest BCUT2D eigenvalue weighted by atomic mass is 16.5. The maximum Gasteiger partial charge on any atom is 0.230 e. The second-order valence-corrected chi connectivity index (χ2v) is 9.38. The van der Waals surface area contributed by atoms with Crippen molar-refractivity contribution < 1.29 is 14.3 Å². The largest absolute Gasteiger partial charge is 0.497 e. The third-order valence-electron chi connectivity index (χ3n) is 7.02. The number of hydrogen-bond donors (Lipinski definition) is 0. The molecule has 1 fully saturated rings. The lowest BCUT2D eigenvalue weighted by molar-refractivity contribution is -0.135. The first-order valence-electron chi connectivity index (χ1n) is 12.9. The Bertz CT molecular complexity index is 1180. The van der Waals surface area contributed by atoms with Crippen molar-refractivity contribution in [1.82, 2.24) is 9.80 Å². The van der Waals surface area contributed by atoms with Gasteiger partial charge in [0.05, 0.1) is 37.4 Å². The Labute approximate surface area is 220 Å². The number of piperazine rings is 1. The molecule has 3 aromatic rings. The predicted molar refractivity (Wildman–Crippen MR) is 144 cm³/mol. The van der Waals surface area contributed by atoms with Crippen LogP contribution in [-0.4, -0.2) is 55.5 Å². The Balaban J connectivity index is 1.40. The van der Waals surface area contributed by atoms with Crippen molar-refractivity contribution in [2.45, 2.75) is 32.0 Å². The van der Waals surface area contributed by atoms with Crippen LogP contribution in [0.25, 0.3) is 0 Å². The van der Waals surface area contributed by atoms with Crippen LogP contribution in [0.15, 0.2) is 78.9 Å². The van der Waals surface area contributed by atoms with Gasteiger partial charge in [0.1, 0.15) is 5.75 Å². The zero-order chi connectivity index (χ0) is 26.0. The third-order valence-corrected chi connectivity index (χ3v) is 7.02. The summed E-state index contributed by atoms with van der Waals surface area (Å²) in [6, 6.07) is 27.7. The van der Waals surface area contributed by atoms with Crippen molar-refractivity contribution in [3.05, 3.63) is 101 Å². The van der Waals surface area contributed by atoms with E-state index >= 15 is 0 Å². The van der Waals surface area contributed by atoms with E-state index < -0.39 is 0 Å². The first-order valence-corrected chi connectivity index (χ1v) is 12.9. The van der Waals surface area contributed by atoms with Crippen molar-refractivity contribution >= 4 is 5.91 Å². The van der Waals surface area contributed by atoms with Crippen LogP contribution in [-0.2, 0) is 16.1 Å². The Morgan fingerprint density at radius 2 is 1.65 bits per heavy atom. The maximum atomic E-state index is 13.3. The molecule has 1 aliphatic rings. The SMILES string of the molecule is CC[C@H](C(=O)N1CCN(C[C@H](OCc2ccc(C#N)cc2)c2cccc(OC)c2)CC1)c1ccccc1. The summed E-state index contributed by atoms with van der Waals surface area (Å²) in [6.07, 6.45) is 0.644. The molecule has 0 spiro atoms. The monoisotopic (exact) mass is 497 g/mol. The average molecular weight is 498 g/mol. The molecule has 0 aromatic heterocycles. The fourth-order valence-corrected chi connectivity index (χ4v) is 4.81. The molecule has 4 rings (SSSR count). The number of carbonyl (C=O) groups is 1. The molecule has 1 amide bonds. The smallest absolute Gasteiger partial charge is 0.230 e. The molecular weight excluding hydrogens is 462 g/mol. The summed E-state index contributed by atoms with van der Waals surface area (Å²) in [4.78, 5) is 17.7. The highest BCUT2D eigenvalue weighted by molar-refractivity contribution is 5.83. The van der Waals surface area contributed by atoms with Crippen molar-refractivity contribution in [2.24, 2.45) is 0 Å². The van der Waals surface area contributed by atoms with E-state index in [2.05, 4.69) is 24.0 Å². The molecule has 37 heavy (non-hydrogen) atoms. The Kier molecular flexibility index (Phi) is 9.31. The molecule has 0 bridgehead atoms. The van der Waals surface area contributed by atoms with E-state index in [9.17, 15) is 4.79 Å². The van der Waals surface area contributed by atoms with Gasteiger partial charge in [-0.15, -0.1) is 0 Å². The highest BCUT2D eigenvalue weighted by Crippen LogP contribution is 2.26. The number of benzene rings is 3. The molecule has 1 aliphatic heterocycles. The summed E-state index contributed by atoms with van der Waals surface area (Å²) in [5.74, 6) is 0.925. The molecule has 0 radical (unpaired) electrons. The van der Waals surface area contributed by atoms with Gasteiger partial charge in [-0.05, 0) is 47.4 Å². The molecule has 192 valence electrons. The number of nitrogens with zero attached hydrogens (tertiary/aromatic N) is 3. The molecule has 0 aliphatic carbocycles. The van der Waals surface area contributed by atoms with Crippen molar-refractivity contribution in [2.75, 3.05) is 39.8 Å². The molecule has 0 saturated carbocycles. The zero-order valence-electron chi connectivity index (χ0n) is 21.7. The van der Waals surface area contributed by atoms with Gasteiger partial charge in [0.15, 0.2) is 0 Å². The number of methoxy groups -OCH3 is 1.